The molecule has 2 N–H and O–H groups in total. The Bertz CT molecular complexity index is 433. The molecule has 2 rings (SSSR count). The predicted octanol–water partition coefficient (Wildman–Crippen LogP) is 1.79. The molecule has 1 fully saturated rings. The molecule has 19 heavy (non-hydrogen) atoms. The Kier molecular flexibility index (Phi) is 4.76. The molecule has 1 aliphatic rings. The van der Waals surface area contributed by atoms with E-state index in [1.165, 1.54) is 0 Å². The van der Waals surface area contributed by atoms with Crippen molar-refractivity contribution in [3.63, 3.8) is 0 Å². The lowest BCUT2D eigenvalue weighted by molar-refractivity contribution is 0.198. The quantitative estimate of drug-likeness (QED) is 0.885. The van der Waals surface area contributed by atoms with Crippen LogP contribution in [0.4, 0.5) is 4.79 Å². The summed E-state index contributed by atoms with van der Waals surface area (Å²) in [4.78, 5) is 18.2. The van der Waals surface area contributed by atoms with Gasteiger partial charge in [-0.3, -0.25) is 0 Å². The van der Waals surface area contributed by atoms with Crippen LogP contribution in [0.2, 0.25) is 0 Å². The van der Waals surface area contributed by atoms with Crippen molar-refractivity contribution in [1.82, 2.24) is 15.2 Å². The van der Waals surface area contributed by atoms with Crippen LogP contribution in [0.5, 0.6) is 0 Å². The highest BCUT2D eigenvalue weighted by atomic mass is 32.1. The predicted molar refractivity (Wildman–Crippen MR) is 75.2 cm³/mol. The number of amides is 2. The molecular weight excluding hydrogens is 262 g/mol. The fourth-order valence-electron chi connectivity index (χ4n) is 2.11. The first-order chi connectivity index (χ1) is 9.10. The van der Waals surface area contributed by atoms with Gasteiger partial charge in [0.1, 0.15) is 0 Å². The summed E-state index contributed by atoms with van der Waals surface area (Å²) in [5, 5.41) is 15.0. The number of carbonyl (C=O) groups excluding carboxylic acids is 1. The summed E-state index contributed by atoms with van der Waals surface area (Å²) in [6.07, 6.45) is 0.887. The average molecular weight is 283 g/mol. The van der Waals surface area contributed by atoms with Crippen LogP contribution in [0.1, 0.15) is 36.9 Å². The Hall–Kier alpha value is -1.14. The van der Waals surface area contributed by atoms with Crippen LogP contribution >= 0.6 is 11.3 Å². The van der Waals surface area contributed by atoms with Gasteiger partial charge in [-0.15, -0.1) is 11.3 Å². The average Bonchev–Trinajstić information content (AvgIpc) is 3.04. The van der Waals surface area contributed by atoms with E-state index >= 15 is 0 Å². The molecule has 5 nitrogen and oxygen atoms in total. The number of rotatable bonds is 4. The lowest BCUT2D eigenvalue weighted by Gasteiger charge is -2.16. The van der Waals surface area contributed by atoms with Crippen LogP contribution in [-0.2, 0) is 6.54 Å². The maximum atomic E-state index is 11.9. The van der Waals surface area contributed by atoms with Crippen molar-refractivity contribution in [2.45, 2.75) is 32.7 Å². The van der Waals surface area contributed by atoms with Gasteiger partial charge in [-0.2, -0.15) is 0 Å². The molecule has 0 radical (unpaired) electrons. The second-order valence-electron chi connectivity index (χ2n) is 5.27. The minimum absolute atomic E-state index is 0.0601. The number of hydrogen-bond donors (Lipinski definition) is 2. The molecule has 1 aliphatic heterocycles. The van der Waals surface area contributed by atoms with Crippen LogP contribution < -0.4 is 5.32 Å². The topological polar surface area (TPSA) is 65.5 Å². The fraction of sp³-hybridized carbons (Fsp3) is 0.692. The highest BCUT2D eigenvalue weighted by molar-refractivity contribution is 7.09. The standard InChI is InChI=1S/C13H21N3O2S/c1-9(2)12-15-11(8-19-12)5-14-13(18)16-4-3-10(6-16)7-17/h8-10,17H,3-7H2,1-2H3,(H,14,18). The number of aliphatic hydroxyl groups excluding tert-OH is 1. The largest absolute Gasteiger partial charge is 0.396 e. The van der Waals surface area contributed by atoms with E-state index < -0.39 is 0 Å². The van der Waals surface area contributed by atoms with Crippen LogP contribution in [0.3, 0.4) is 0 Å². The molecule has 106 valence electrons. The molecule has 1 aromatic rings. The lowest BCUT2D eigenvalue weighted by atomic mass is 10.1. The van der Waals surface area contributed by atoms with Crippen molar-refractivity contribution in [1.29, 1.82) is 0 Å². The van der Waals surface area contributed by atoms with Crippen LogP contribution in [0, 0.1) is 5.92 Å². The van der Waals surface area contributed by atoms with Gasteiger partial charge in [-0.05, 0) is 6.42 Å². The van der Waals surface area contributed by atoms with Crippen molar-refractivity contribution < 1.29 is 9.90 Å². The van der Waals surface area contributed by atoms with Gasteiger partial charge in [-0.25, -0.2) is 9.78 Å². The van der Waals surface area contributed by atoms with Crippen molar-refractivity contribution in [3.8, 4) is 0 Å². The highest BCUT2D eigenvalue weighted by Crippen LogP contribution is 2.19. The summed E-state index contributed by atoms with van der Waals surface area (Å²) in [6, 6.07) is -0.0601. The van der Waals surface area contributed by atoms with Gasteiger partial charge >= 0.3 is 6.03 Å². The molecule has 1 aromatic heterocycles. The summed E-state index contributed by atoms with van der Waals surface area (Å²) in [5.74, 6) is 0.663. The number of likely N-dealkylation sites (tertiary alicyclic amines) is 1. The van der Waals surface area contributed by atoms with Gasteiger partial charge < -0.3 is 15.3 Å². The van der Waals surface area contributed by atoms with E-state index in [9.17, 15) is 4.79 Å². The van der Waals surface area contributed by atoms with E-state index in [-0.39, 0.29) is 18.6 Å². The summed E-state index contributed by atoms with van der Waals surface area (Å²) in [7, 11) is 0. The van der Waals surface area contributed by atoms with Crippen molar-refractivity contribution in [2.75, 3.05) is 19.7 Å². The van der Waals surface area contributed by atoms with Gasteiger partial charge in [0.25, 0.3) is 0 Å². The van der Waals surface area contributed by atoms with Gasteiger partial charge in [0.15, 0.2) is 0 Å². The van der Waals surface area contributed by atoms with E-state index in [4.69, 9.17) is 5.11 Å². The minimum Gasteiger partial charge on any atom is -0.396 e. The number of hydrogen-bond acceptors (Lipinski definition) is 4. The Morgan fingerprint density at radius 3 is 3.05 bits per heavy atom. The third kappa shape index (κ3) is 3.67. The normalized spacial score (nSPS) is 19.2. The number of aromatic nitrogens is 1. The molecule has 0 saturated carbocycles. The number of carbonyl (C=O) groups is 1. The second-order valence-corrected chi connectivity index (χ2v) is 6.16. The molecule has 1 atom stereocenters. The van der Waals surface area contributed by atoms with Crippen LogP contribution in [-0.4, -0.2) is 40.7 Å². The van der Waals surface area contributed by atoms with Crippen molar-refractivity contribution in [3.05, 3.63) is 16.1 Å². The Morgan fingerprint density at radius 1 is 1.68 bits per heavy atom. The van der Waals surface area contributed by atoms with Gasteiger partial charge in [0, 0.05) is 36.9 Å². The van der Waals surface area contributed by atoms with Gasteiger partial charge in [0.2, 0.25) is 0 Å². The van der Waals surface area contributed by atoms with E-state index in [2.05, 4.69) is 24.1 Å². The summed E-state index contributed by atoms with van der Waals surface area (Å²) in [5.41, 5.74) is 0.917. The van der Waals surface area contributed by atoms with Crippen LogP contribution in [0.15, 0.2) is 5.38 Å². The summed E-state index contributed by atoms with van der Waals surface area (Å²) < 4.78 is 0. The first-order valence-corrected chi connectivity index (χ1v) is 7.56. The maximum absolute atomic E-state index is 11.9. The zero-order chi connectivity index (χ0) is 13.8. The monoisotopic (exact) mass is 283 g/mol. The van der Waals surface area contributed by atoms with Crippen molar-refractivity contribution >= 4 is 17.4 Å². The van der Waals surface area contributed by atoms with Gasteiger partial charge in [0.05, 0.1) is 17.2 Å². The second kappa shape index (κ2) is 6.34. The lowest BCUT2D eigenvalue weighted by Crippen LogP contribution is -2.38. The molecule has 6 heteroatoms. The maximum Gasteiger partial charge on any atom is 0.317 e. The number of thiazole rings is 1. The smallest absolute Gasteiger partial charge is 0.317 e. The minimum atomic E-state index is -0.0601. The number of nitrogens with one attached hydrogen (secondary N) is 1. The molecule has 0 aliphatic carbocycles. The van der Waals surface area contributed by atoms with Crippen molar-refractivity contribution in [2.24, 2.45) is 5.92 Å². The van der Waals surface area contributed by atoms with E-state index in [1.807, 2.05) is 5.38 Å². The Labute approximate surface area is 117 Å². The third-order valence-electron chi connectivity index (χ3n) is 3.32. The fourth-order valence-corrected chi connectivity index (χ4v) is 2.95. The molecule has 1 saturated heterocycles. The van der Waals surface area contributed by atoms with E-state index in [0.717, 1.165) is 23.7 Å². The molecule has 1 unspecified atom stereocenters. The highest BCUT2D eigenvalue weighted by Gasteiger charge is 2.25. The molecule has 2 heterocycles. The third-order valence-corrected chi connectivity index (χ3v) is 4.51. The Balaban J connectivity index is 1.80. The number of aliphatic hydroxyl groups is 1. The first kappa shape index (κ1) is 14.3. The molecule has 2 amide bonds. The van der Waals surface area contributed by atoms with Crippen LogP contribution in [0.25, 0.3) is 0 Å². The molecular formula is C13H21N3O2S. The number of urea groups is 1. The zero-order valence-corrected chi connectivity index (χ0v) is 12.2. The first-order valence-electron chi connectivity index (χ1n) is 6.68. The van der Waals surface area contributed by atoms with E-state index in [1.54, 1.807) is 16.2 Å². The summed E-state index contributed by atoms with van der Waals surface area (Å²) in [6.45, 7) is 6.24. The summed E-state index contributed by atoms with van der Waals surface area (Å²) >= 11 is 1.64. The number of nitrogens with zero attached hydrogens (tertiary/aromatic N) is 2. The molecule has 0 spiro atoms. The van der Waals surface area contributed by atoms with E-state index in [0.29, 0.717) is 19.0 Å². The molecule has 0 aromatic carbocycles. The van der Waals surface area contributed by atoms with Gasteiger partial charge in [-0.1, -0.05) is 13.8 Å². The zero-order valence-electron chi connectivity index (χ0n) is 11.4. The molecule has 0 bridgehead atoms. The Morgan fingerprint density at radius 2 is 2.47 bits per heavy atom. The SMILES string of the molecule is CC(C)c1nc(CNC(=O)N2CCC(CO)C2)cs1.